The van der Waals surface area contributed by atoms with Gasteiger partial charge in [-0.05, 0) is 13.8 Å². The molecule has 4 N–H and O–H groups in total. The third kappa shape index (κ3) is 4.14. The zero-order valence-electron chi connectivity index (χ0n) is 7.48. The van der Waals surface area contributed by atoms with Crippen LogP contribution >= 0.6 is 11.8 Å². The summed E-state index contributed by atoms with van der Waals surface area (Å²) in [6, 6.07) is -1.06. The van der Waals surface area contributed by atoms with Gasteiger partial charge in [0.15, 0.2) is 0 Å². The van der Waals surface area contributed by atoms with Crippen LogP contribution in [-0.2, 0) is 9.59 Å². The summed E-state index contributed by atoms with van der Waals surface area (Å²) in [6.45, 7) is 3.22. The predicted octanol–water partition coefficient (Wildman–Crippen LogP) is -0.00530. The molecule has 0 aliphatic rings. The summed E-state index contributed by atoms with van der Waals surface area (Å²) >= 11 is 1.02. The highest BCUT2D eigenvalue weighted by Gasteiger charge is 2.32. The van der Waals surface area contributed by atoms with Gasteiger partial charge in [-0.25, -0.2) is 0 Å². The van der Waals surface area contributed by atoms with Crippen molar-refractivity contribution in [3.63, 3.8) is 0 Å². The number of hydrogen-bond donors (Lipinski definition) is 3. The number of carboxylic acids is 2. The topological polar surface area (TPSA) is 101 Å². The molecule has 0 aromatic carbocycles. The number of aliphatic carboxylic acids is 2. The Bertz CT molecular complexity index is 217. The smallest absolute Gasteiger partial charge is 0.321 e. The molecule has 0 heterocycles. The molecule has 0 saturated carbocycles. The van der Waals surface area contributed by atoms with Crippen LogP contribution in [0.3, 0.4) is 0 Å². The van der Waals surface area contributed by atoms with Crippen molar-refractivity contribution in [1.82, 2.24) is 0 Å². The summed E-state index contributed by atoms with van der Waals surface area (Å²) in [4.78, 5) is 20.7. The molecule has 0 spiro atoms. The van der Waals surface area contributed by atoms with Gasteiger partial charge in [-0.2, -0.15) is 0 Å². The van der Waals surface area contributed by atoms with Gasteiger partial charge in [0.25, 0.3) is 0 Å². The van der Waals surface area contributed by atoms with E-state index in [9.17, 15) is 9.59 Å². The van der Waals surface area contributed by atoms with Gasteiger partial charge < -0.3 is 15.9 Å². The monoisotopic (exact) mass is 207 g/mol. The predicted molar refractivity (Wildman–Crippen MR) is 49.8 cm³/mol. The van der Waals surface area contributed by atoms with Gasteiger partial charge in [-0.3, -0.25) is 9.59 Å². The summed E-state index contributed by atoms with van der Waals surface area (Å²) in [6.07, 6.45) is 0. The average molecular weight is 207 g/mol. The molecular weight excluding hydrogens is 194 g/mol. The number of carbonyl (C=O) groups is 2. The van der Waals surface area contributed by atoms with E-state index in [1.165, 1.54) is 0 Å². The van der Waals surface area contributed by atoms with Gasteiger partial charge in [0, 0.05) is 4.75 Å². The van der Waals surface area contributed by atoms with E-state index in [1.807, 2.05) is 0 Å². The minimum Gasteiger partial charge on any atom is -0.481 e. The van der Waals surface area contributed by atoms with E-state index in [-0.39, 0.29) is 5.75 Å². The SMILES string of the molecule is CC(C)(SCC(=O)O)[C@H](N)C(=O)O. The summed E-state index contributed by atoms with van der Waals surface area (Å²) < 4.78 is -0.774. The fraction of sp³-hybridized carbons (Fsp3) is 0.714. The summed E-state index contributed by atoms with van der Waals surface area (Å²) in [5, 5.41) is 17.0. The lowest BCUT2D eigenvalue weighted by Crippen LogP contribution is -2.47. The lowest BCUT2D eigenvalue weighted by molar-refractivity contribution is -0.139. The summed E-state index contributed by atoms with van der Waals surface area (Å²) in [5.41, 5.74) is 5.37. The van der Waals surface area contributed by atoms with Crippen LogP contribution in [0.15, 0.2) is 0 Å². The molecule has 6 heteroatoms. The Labute approximate surface area is 80.3 Å². The first-order valence-corrected chi connectivity index (χ1v) is 4.60. The molecule has 1 atom stereocenters. The van der Waals surface area contributed by atoms with E-state index in [1.54, 1.807) is 13.8 Å². The molecule has 0 unspecified atom stereocenters. The van der Waals surface area contributed by atoms with Crippen LogP contribution in [0.1, 0.15) is 13.8 Å². The maximum atomic E-state index is 10.5. The van der Waals surface area contributed by atoms with E-state index < -0.39 is 22.7 Å². The number of carboxylic acid groups (broad SMARTS) is 2. The Morgan fingerprint density at radius 1 is 1.46 bits per heavy atom. The van der Waals surface area contributed by atoms with Crippen LogP contribution in [0.5, 0.6) is 0 Å². The molecule has 0 amide bonds. The zero-order valence-corrected chi connectivity index (χ0v) is 8.30. The molecular formula is C7H13NO4S. The van der Waals surface area contributed by atoms with Crippen LogP contribution in [0.25, 0.3) is 0 Å². The Balaban J connectivity index is 4.21. The van der Waals surface area contributed by atoms with Gasteiger partial charge in [-0.1, -0.05) is 0 Å². The highest BCUT2D eigenvalue weighted by atomic mass is 32.2. The molecule has 0 bridgehead atoms. The molecule has 0 fully saturated rings. The first-order chi connectivity index (χ1) is 5.77. The van der Waals surface area contributed by atoms with E-state index in [2.05, 4.69) is 0 Å². The second-order valence-electron chi connectivity index (χ2n) is 3.10. The van der Waals surface area contributed by atoms with Crippen LogP contribution < -0.4 is 5.73 Å². The van der Waals surface area contributed by atoms with Crippen LogP contribution in [0.4, 0.5) is 0 Å². The lowest BCUT2D eigenvalue weighted by Gasteiger charge is -2.27. The first-order valence-electron chi connectivity index (χ1n) is 3.61. The standard InChI is InChI=1S/C7H13NO4S/c1-7(2,5(8)6(11)12)13-3-4(9)10/h5H,3,8H2,1-2H3,(H,9,10)(H,11,12)/t5-/m1/s1. The third-order valence-electron chi connectivity index (χ3n) is 1.58. The van der Waals surface area contributed by atoms with Crippen molar-refractivity contribution in [2.45, 2.75) is 24.6 Å². The average Bonchev–Trinajstić information content (AvgIpc) is 1.99. The number of rotatable bonds is 5. The van der Waals surface area contributed by atoms with Crippen molar-refractivity contribution in [2.75, 3.05) is 5.75 Å². The Morgan fingerprint density at radius 3 is 2.23 bits per heavy atom. The summed E-state index contributed by atoms with van der Waals surface area (Å²) in [7, 11) is 0. The lowest BCUT2D eigenvalue weighted by atomic mass is 10.1. The van der Waals surface area contributed by atoms with Crippen LogP contribution in [-0.4, -0.2) is 38.7 Å². The van der Waals surface area contributed by atoms with Gasteiger partial charge >= 0.3 is 11.9 Å². The van der Waals surface area contributed by atoms with Gasteiger partial charge in [-0.15, -0.1) is 11.8 Å². The van der Waals surface area contributed by atoms with Gasteiger partial charge in [0.05, 0.1) is 5.75 Å². The molecule has 76 valence electrons. The summed E-state index contributed by atoms with van der Waals surface area (Å²) in [5.74, 6) is -2.24. The van der Waals surface area contributed by atoms with E-state index >= 15 is 0 Å². The third-order valence-corrected chi connectivity index (χ3v) is 2.97. The fourth-order valence-electron chi connectivity index (χ4n) is 0.635. The second kappa shape index (κ2) is 4.48. The Morgan fingerprint density at radius 2 is 1.92 bits per heavy atom. The molecule has 0 radical (unpaired) electrons. The molecule has 0 aliphatic carbocycles. The molecule has 5 nitrogen and oxygen atoms in total. The normalized spacial score (nSPS) is 13.8. The van der Waals surface area contributed by atoms with Crippen molar-refractivity contribution in [2.24, 2.45) is 5.73 Å². The van der Waals surface area contributed by atoms with Crippen molar-refractivity contribution in [1.29, 1.82) is 0 Å². The Kier molecular flexibility index (Phi) is 4.22. The maximum Gasteiger partial charge on any atom is 0.321 e. The van der Waals surface area contributed by atoms with E-state index in [0.29, 0.717) is 0 Å². The van der Waals surface area contributed by atoms with E-state index in [0.717, 1.165) is 11.8 Å². The molecule has 0 aliphatic heterocycles. The van der Waals surface area contributed by atoms with Crippen molar-refractivity contribution < 1.29 is 19.8 Å². The van der Waals surface area contributed by atoms with Crippen LogP contribution in [0.2, 0.25) is 0 Å². The number of thioether (sulfide) groups is 1. The van der Waals surface area contributed by atoms with Crippen molar-refractivity contribution in [3.05, 3.63) is 0 Å². The highest BCUT2D eigenvalue weighted by molar-refractivity contribution is 8.01. The number of hydrogen-bond acceptors (Lipinski definition) is 4. The maximum absolute atomic E-state index is 10.5. The Hall–Kier alpha value is -0.750. The van der Waals surface area contributed by atoms with Crippen molar-refractivity contribution in [3.8, 4) is 0 Å². The molecule has 0 aromatic heterocycles. The second-order valence-corrected chi connectivity index (χ2v) is 4.73. The minimum atomic E-state index is -1.12. The fourth-order valence-corrected chi connectivity index (χ4v) is 1.41. The molecule has 0 rings (SSSR count). The van der Waals surface area contributed by atoms with Crippen LogP contribution in [0, 0.1) is 0 Å². The zero-order chi connectivity index (χ0) is 10.6. The highest BCUT2D eigenvalue weighted by Crippen LogP contribution is 2.26. The largest absolute Gasteiger partial charge is 0.481 e. The van der Waals surface area contributed by atoms with Crippen molar-refractivity contribution >= 4 is 23.7 Å². The molecule has 0 saturated heterocycles. The first kappa shape index (κ1) is 12.2. The number of nitrogens with two attached hydrogens (primary N) is 1. The van der Waals surface area contributed by atoms with Gasteiger partial charge in [0.2, 0.25) is 0 Å². The molecule has 13 heavy (non-hydrogen) atoms. The molecule has 0 aromatic rings. The van der Waals surface area contributed by atoms with Gasteiger partial charge in [0.1, 0.15) is 6.04 Å². The minimum absolute atomic E-state index is 0.145. The quantitative estimate of drug-likeness (QED) is 0.586. The van der Waals surface area contributed by atoms with E-state index in [4.69, 9.17) is 15.9 Å².